The first-order chi connectivity index (χ1) is 48.8. The first-order valence-corrected chi connectivity index (χ1v) is 47.5. The quantitative estimate of drug-likeness (QED) is 0.115. The van der Waals surface area contributed by atoms with E-state index in [1.54, 1.807) is 0 Å². The summed E-state index contributed by atoms with van der Waals surface area (Å²) < 4.78 is 101. The Morgan fingerprint density at radius 3 is 1.02 bits per heavy atom. The summed E-state index contributed by atoms with van der Waals surface area (Å²) in [5.74, 6) is 3.47. The van der Waals surface area contributed by atoms with Crippen molar-refractivity contribution in [2.75, 3.05) is 19.8 Å². The maximum absolute atomic E-state index is 10.1. The van der Waals surface area contributed by atoms with E-state index in [1.807, 2.05) is 0 Å². The Morgan fingerprint density at radius 1 is 0.375 bits per heavy atom. The number of ether oxygens (including phenoxy) is 12. The highest BCUT2D eigenvalue weighted by molar-refractivity contribution is 6.78. The fraction of sp³-hybridized carbons (Fsp3) is 0.977. The number of hydrogen-bond donors (Lipinski definition) is 1. The normalized spacial score (nSPS) is 49.1. The molecule has 1 N–H and O–H groups in total. The van der Waals surface area contributed by atoms with Gasteiger partial charge in [-0.3, -0.25) is 0 Å². The van der Waals surface area contributed by atoms with Gasteiger partial charge in [0.25, 0.3) is 0 Å². The summed E-state index contributed by atoms with van der Waals surface area (Å²) in [7, 11) is -4.47. The third kappa shape index (κ3) is 15.5. The Hall–Kier alpha value is -0.426. The molecule has 15 nitrogen and oxygen atoms in total. The van der Waals surface area contributed by atoms with Gasteiger partial charge in [-0.25, -0.2) is 0 Å². The molecule has 12 heterocycles. The van der Waals surface area contributed by atoms with Crippen LogP contribution in [0, 0.1) is 82.9 Å². The van der Waals surface area contributed by atoms with Crippen LogP contribution in [-0.2, 0) is 65.7 Å². The van der Waals surface area contributed by atoms with Crippen LogP contribution in [0.5, 0.6) is 0 Å². The van der Waals surface area contributed by atoms with E-state index < -0.39 is 39.4 Å². The molecule has 0 amide bonds. The zero-order chi connectivity index (χ0) is 76.2. The molecule has 0 aromatic heterocycles. The van der Waals surface area contributed by atoms with E-state index in [-0.39, 0.29) is 164 Å². The molecule has 12 aliphatic rings. The molecule has 12 saturated heterocycles. The Balaban J connectivity index is 0.000000208. The summed E-state index contributed by atoms with van der Waals surface area (Å²) in [5.41, 5.74) is 1.90. The van der Waals surface area contributed by atoms with Crippen LogP contribution in [-0.4, -0.2) is 174 Å². The Bertz CT molecular complexity index is 2750. The molecule has 0 aromatic rings. The predicted molar refractivity (Wildman–Crippen MR) is 418 cm³/mol. The van der Waals surface area contributed by atoms with Crippen molar-refractivity contribution in [2.45, 2.75) is 437 Å². The number of aliphatic hydroxyl groups is 1. The van der Waals surface area contributed by atoms with Crippen LogP contribution in [0.25, 0.3) is 0 Å². The van der Waals surface area contributed by atoms with Crippen LogP contribution >= 0.6 is 0 Å². The van der Waals surface area contributed by atoms with Gasteiger partial charge in [-0.2, -0.15) is 0 Å². The lowest BCUT2D eigenvalue weighted by atomic mass is 9.73. The minimum Gasteiger partial charge on any atom is -0.410 e. The number of rotatable bonds is 16. The fourth-order valence-electron chi connectivity index (χ4n) is 24.4. The molecule has 12 aliphatic heterocycles. The lowest BCUT2D eigenvalue weighted by Gasteiger charge is -2.57. The van der Waals surface area contributed by atoms with Gasteiger partial charge in [0.1, 0.15) is 0 Å². The van der Waals surface area contributed by atoms with Crippen molar-refractivity contribution < 1.29 is 70.8 Å². The predicted octanol–water partition coefficient (Wildman–Crippen LogP) is 19.0. The summed E-state index contributed by atoms with van der Waals surface area (Å²) in [6, 6.07) is 0. The van der Waals surface area contributed by atoms with Gasteiger partial charge in [0.15, 0.2) is 11.6 Å². The van der Waals surface area contributed by atoms with Crippen LogP contribution < -0.4 is 0 Å². The van der Waals surface area contributed by atoms with Crippen LogP contribution in [0.4, 0.5) is 0 Å². The number of fused-ring (bicyclic) bond motifs is 8. The van der Waals surface area contributed by atoms with E-state index in [0.29, 0.717) is 75.2 Å². The molecule has 0 aromatic carbocycles. The summed E-state index contributed by atoms with van der Waals surface area (Å²) >= 11 is 0. The molecule has 0 aliphatic carbocycles. The standard InChI is InChI=1S/C44H78O7Si.C43H78O8Si/c1-16-17-29(10)43(15)39(51-52(24(2)3,25(4)5)26(6)7)21-36-37(49-43)19-27(8)18-34-35(46-36)20-38-40(47-34)30(11)31(12)42-41(48-38)32(13)33(14)44(50-42)22-28(9)23-45-44;1-23(2)52(24(3)4,25(5)6)51-38-20-35-36(49-42(38,14)28(9)15-16-44)18-26(7)17-33-34(46-35)19-37-39(47-33)29(10)30(11)41-40(48-37)31(12)32(13)43(50-41)21-27(8)22-45-43/h16,24-42H,1,17-23H2,2-15H3;23-41,44H,15-22H2,1-14H3/t27-,28+,29-,30+,31+,32+,33+,34+,35-,36+,37-,38+,39-,40-,41-,42+,43+,44-;26-,27+,28-,29+,30+,31+,32+,33+,34-,35+,36-,37+,38+,39-,40-,41+,42+,43-/m11/s1. The average Bonchev–Trinajstić information content (AvgIpc) is 1.72. The highest BCUT2D eigenvalue weighted by Crippen LogP contribution is 2.58. The molecule has 0 unspecified atom stereocenters. The summed E-state index contributed by atoms with van der Waals surface area (Å²) in [4.78, 5) is 0. The van der Waals surface area contributed by atoms with Crippen molar-refractivity contribution in [3.05, 3.63) is 12.7 Å². The van der Waals surface area contributed by atoms with Crippen molar-refractivity contribution in [3.8, 4) is 0 Å². The second-order valence-electron chi connectivity index (χ2n) is 40.2. The maximum Gasteiger partial charge on any atom is 0.200 e. The van der Waals surface area contributed by atoms with E-state index in [1.165, 1.54) is 0 Å². The van der Waals surface area contributed by atoms with E-state index in [9.17, 15) is 5.11 Å². The van der Waals surface area contributed by atoms with Gasteiger partial charge in [0.2, 0.25) is 16.6 Å². The zero-order valence-corrected chi connectivity index (χ0v) is 73.0. The fourth-order valence-corrected chi connectivity index (χ4v) is 35.7. The zero-order valence-electron chi connectivity index (χ0n) is 71.0. The largest absolute Gasteiger partial charge is 0.410 e. The summed E-state index contributed by atoms with van der Waals surface area (Å²) in [5, 5.41) is 10.1. The Kier molecular flexibility index (Phi) is 26.7. The Morgan fingerprint density at radius 2 is 0.692 bits per heavy atom. The van der Waals surface area contributed by atoms with Crippen molar-refractivity contribution in [1.82, 2.24) is 0 Å². The summed E-state index contributed by atoms with van der Waals surface area (Å²) in [6.45, 7) is 71.5. The van der Waals surface area contributed by atoms with Gasteiger partial charge in [-0.15, -0.1) is 6.58 Å². The van der Waals surface area contributed by atoms with Crippen molar-refractivity contribution in [1.29, 1.82) is 0 Å². The smallest absolute Gasteiger partial charge is 0.200 e. The van der Waals surface area contributed by atoms with E-state index in [0.717, 1.165) is 83.8 Å². The molecule has 0 saturated carbocycles. The van der Waals surface area contributed by atoms with E-state index in [4.69, 9.17) is 65.7 Å². The second-order valence-corrected chi connectivity index (χ2v) is 51.0. The molecule has 104 heavy (non-hydrogen) atoms. The molecule has 17 heteroatoms. The molecular formula is C87H156O15Si2. The maximum atomic E-state index is 10.1. The summed E-state index contributed by atoms with van der Waals surface area (Å²) in [6.07, 6.45) is 12.0. The van der Waals surface area contributed by atoms with Gasteiger partial charge in [-0.05, 0) is 157 Å². The lowest BCUT2D eigenvalue weighted by molar-refractivity contribution is -0.335. The van der Waals surface area contributed by atoms with E-state index >= 15 is 0 Å². The molecule has 602 valence electrons. The first-order valence-electron chi connectivity index (χ1n) is 43.2. The highest BCUT2D eigenvalue weighted by atomic mass is 28.4. The van der Waals surface area contributed by atoms with Crippen LogP contribution in [0.2, 0.25) is 33.2 Å². The third-order valence-corrected chi connectivity index (χ3v) is 43.8. The molecule has 2 spiro atoms. The SMILES string of the molecule is C=CC[C@@H](C)[C@]1(C)O[C@@H]2C[C@H](C)C[C@@H]3O[C@@H]4[C@@H](C)[C@H](C)[C@@H]5O[C@]6(C[C@H](C)CO6)[C@@H](C)[C@H](C)[C@H]5O[C@H]4C[C@H]3O[C@H]2C[C@H]1O[Si](C(C)C)(C(C)C)C(C)C.CC(C)[Si](O[C@H]1C[C@@H]2O[C@@H]3C[C@@H]4O[C@@H]5[C@@H](C)[C@H](C)[C@@]6(C[C@H](C)CO6)O[C@H]5[C@@H](C)[C@H](C)[C@H]4O[C@H]3C[C@@H](C)C[C@H]2O[C@@]1(C)[C@H](C)CCO)(C(C)C)C(C)C. The molecule has 0 radical (unpaired) electrons. The van der Waals surface area contributed by atoms with Gasteiger partial charge < -0.3 is 70.8 Å². The topological polar surface area (TPSA) is 149 Å². The van der Waals surface area contributed by atoms with Crippen molar-refractivity contribution in [2.24, 2.45) is 82.9 Å². The number of aliphatic hydroxyl groups excluding tert-OH is 1. The lowest BCUT2D eigenvalue weighted by Crippen LogP contribution is -2.65. The van der Waals surface area contributed by atoms with E-state index in [2.05, 4.69) is 207 Å². The van der Waals surface area contributed by atoms with Gasteiger partial charge in [-0.1, -0.05) is 186 Å². The van der Waals surface area contributed by atoms with Crippen LogP contribution in [0.1, 0.15) is 271 Å². The average molecular weight is 1500 g/mol. The minimum absolute atomic E-state index is 0.00279. The van der Waals surface area contributed by atoms with Crippen LogP contribution in [0.3, 0.4) is 0 Å². The van der Waals surface area contributed by atoms with Gasteiger partial charge in [0.05, 0.1) is 134 Å². The number of allylic oxidation sites excluding steroid dienone is 1. The Labute approximate surface area is 636 Å². The van der Waals surface area contributed by atoms with Crippen molar-refractivity contribution in [3.63, 3.8) is 0 Å². The van der Waals surface area contributed by atoms with Crippen LogP contribution in [0.15, 0.2) is 12.7 Å². The molecule has 0 bridgehead atoms. The monoisotopic (exact) mass is 1500 g/mol. The minimum atomic E-state index is -2.25. The third-order valence-electron chi connectivity index (χ3n) is 31.6. The molecule has 12 rings (SSSR count). The first kappa shape index (κ1) is 84.5. The number of hydrogen-bond acceptors (Lipinski definition) is 15. The van der Waals surface area contributed by atoms with Gasteiger partial charge >= 0.3 is 0 Å². The molecular weight excluding hydrogens is 1340 g/mol. The molecule has 36 atom stereocenters. The highest BCUT2D eigenvalue weighted by Gasteiger charge is 2.65. The molecule has 12 fully saturated rings. The van der Waals surface area contributed by atoms with Crippen molar-refractivity contribution >= 4 is 16.6 Å². The van der Waals surface area contributed by atoms with Gasteiger partial charge in [0, 0.05) is 57.0 Å². The second kappa shape index (κ2) is 32.8.